The van der Waals surface area contributed by atoms with Crippen LogP contribution in [0.4, 0.5) is 0 Å². The highest BCUT2D eigenvalue weighted by atomic mass is 35.5. The maximum atomic E-state index is 12.2. The van der Waals surface area contributed by atoms with Gasteiger partial charge in [-0.2, -0.15) is 0 Å². The summed E-state index contributed by atoms with van der Waals surface area (Å²) in [5, 5.41) is 0.631. The second-order valence-corrected chi connectivity index (χ2v) is 5.64. The van der Waals surface area contributed by atoms with Crippen LogP contribution in [0.1, 0.15) is 31.4 Å². The van der Waals surface area contributed by atoms with E-state index in [9.17, 15) is 9.59 Å². The lowest BCUT2D eigenvalue weighted by molar-refractivity contribution is -0.160. The molecule has 0 N–H and O–H groups in total. The van der Waals surface area contributed by atoms with Crippen LogP contribution in [0.25, 0.3) is 0 Å². The molecule has 2 rings (SSSR count). The Morgan fingerprint density at radius 2 is 2.10 bits per heavy atom. The van der Waals surface area contributed by atoms with Crippen LogP contribution in [-0.4, -0.2) is 30.4 Å². The number of nitrogens with zero attached hydrogens (tertiary/aromatic N) is 1. The van der Waals surface area contributed by atoms with Gasteiger partial charge >= 0.3 is 11.9 Å². The molecule has 0 unspecified atom stereocenters. The zero-order valence-electron chi connectivity index (χ0n) is 11.6. The standard InChI is InChI=1S/C15H18ClNO3/c1-10-6-7-13(11-4-3-5-12(16)8-11)17(9-10)14(18)15(19)20-2/h3-5,8,10,13H,6-7,9H2,1-2H3/t10-,13+/m1/s1. The van der Waals surface area contributed by atoms with Crippen molar-refractivity contribution < 1.29 is 14.3 Å². The van der Waals surface area contributed by atoms with Gasteiger partial charge in [0.1, 0.15) is 0 Å². The molecule has 0 saturated carbocycles. The van der Waals surface area contributed by atoms with Crippen LogP contribution in [0.2, 0.25) is 5.02 Å². The summed E-state index contributed by atoms with van der Waals surface area (Å²) in [6.07, 6.45) is 1.84. The molecule has 1 aromatic rings. The summed E-state index contributed by atoms with van der Waals surface area (Å²) in [5.74, 6) is -1.02. The van der Waals surface area contributed by atoms with Crippen LogP contribution < -0.4 is 0 Å². The highest BCUT2D eigenvalue weighted by Gasteiger charge is 2.34. The topological polar surface area (TPSA) is 46.6 Å². The van der Waals surface area contributed by atoms with Crippen LogP contribution in [0, 0.1) is 5.92 Å². The third-order valence-electron chi connectivity index (χ3n) is 3.67. The minimum Gasteiger partial charge on any atom is -0.462 e. The third kappa shape index (κ3) is 3.12. The number of hydrogen-bond donors (Lipinski definition) is 0. The fraction of sp³-hybridized carbons (Fsp3) is 0.467. The predicted molar refractivity (Wildman–Crippen MR) is 76.3 cm³/mol. The number of carbonyl (C=O) groups is 2. The number of halogens is 1. The quantitative estimate of drug-likeness (QED) is 0.591. The summed E-state index contributed by atoms with van der Waals surface area (Å²) in [6, 6.07) is 7.32. The monoisotopic (exact) mass is 295 g/mol. The van der Waals surface area contributed by atoms with Crippen LogP contribution in [0.15, 0.2) is 24.3 Å². The molecule has 0 aliphatic carbocycles. The Labute approximate surface area is 123 Å². The second kappa shape index (κ2) is 6.27. The van der Waals surface area contributed by atoms with E-state index in [4.69, 9.17) is 11.6 Å². The molecule has 1 aliphatic heterocycles. The lowest BCUT2D eigenvalue weighted by Crippen LogP contribution is -2.45. The summed E-state index contributed by atoms with van der Waals surface area (Å²) in [6.45, 7) is 2.64. The van der Waals surface area contributed by atoms with Crippen molar-refractivity contribution in [2.45, 2.75) is 25.8 Å². The number of esters is 1. The van der Waals surface area contributed by atoms with Crippen molar-refractivity contribution in [3.8, 4) is 0 Å². The maximum absolute atomic E-state index is 12.2. The lowest BCUT2D eigenvalue weighted by atomic mass is 9.90. The van der Waals surface area contributed by atoms with E-state index in [0.717, 1.165) is 18.4 Å². The first-order chi connectivity index (χ1) is 9.52. The smallest absolute Gasteiger partial charge is 0.396 e. The number of piperidine rings is 1. The van der Waals surface area contributed by atoms with Gasteiger partial charge in [-0.05, 0) is 36.5 Å². The number of hydrogen-bond acceptors (Lipinski definition) is 3. The SMILES string of the molecule is COC(=O)C(=O)N1C[C@H](C)CC[C@H]1c1cccc(Cl)c1. The molecule has 1 fully saturated rings. The summed E-state index contributed by atoms with van der Waals surface area (Å²) in [4.78, 5) is 25.3. The van der Waals surface area contributed by atoms with Crippen molar-refractivity contribution in [3.63, 3.8) is 0 Å². The van der Waals surface area contributed by atoms with Gasteiger partial charge in [0.25, 0.3) is 0 Å². The highest BCUT2D eigenvalue weighted by molar-refractivity contribution is 6.32. The fourth-order valence-electron chi connectivity index (χ4n) is 2.64. The van der Waals surface area contributed by atoms with E-state index in [2.05, 4.69) is 11.7 Å². The van der Waals surface area contributed by atoms with E-state index >= 15 is 0 Å². The average molecular weight is 296 g/mol. The van der Waals surface area contributed by atoms with Gasteiger partial charge in [0.05, 0.1) is 13.2 Å². The Balaban J connectivity index is 2.29. The molecule has 5 heteroatoms. The van der Waals surface area contributed by atoms with Gasteiger partial charge in [0.15, 0.2) is 0 Å². The molecule has 1 heterocycles. The van der Waals surface area contributed by atoms with Gasteiger partial charge in [-0.15, -0.1) is 0 Å². The molecule has 4 nitrogen and oxygen atoms in total. The molecule has 0 aromatic heterocycles. The zero-order chi connectivity index (χ0) is 14.7. The average Bonchev–Trinajstić information content (AvgIpc) is 2.45. The summed E-state index contributed by atoms with van der Waals surface area (Å²) < 4.78 is 4.55. The van der Waals surface area contributed by atoms with Crippen molar-refractivity contribution in [2.24, 2.45) is 5.92 Å². The molecule has 0 spiro atoms. The summed E-state index contributed by atoms with van der Waals surface area (Å²) in [7, 11) is 1.22. The van der Waals surface area contributed by atoms with E-state index in [-0.39, 0.29) is 6.04 Å². The summed E-state index contributed by atoms with van der Waals surface area (Å²) >= 11 is 6.01. The zero-order valence-corrected chi connectivity index (χ0v) is 12.4. The molecule has 1 aromatic carbocycles. The van der Waals surface area contributed by atoms with Crippen LogP contribution in [0.5, 0.6) is 0 Å². The Hall–Kier alpha value is -1.55. The van der Waals surface area contributed by atoms with Gasteiger partial charge in [-0.1, -0.05) is 30.7 Å². The first-order valence-corrected chi connectivity index (χ1v) is 7.05. The highest BCUT2D eigenvalue weighted by Crippen LogP contribution is 2.34. The van der Waals surface area contributed by atoms with Crippen LogP contribution in [0.3, 0.4) is 0 Å². The number of carbonyl (C=O) groups excluding carboxylic acids is 2. The summed E-state index contributed by atoms with van der Waals surface area (Å²) in [5.41, 5.74) is 0.960. The van der Waals surface area contributed by atoms with Crippen LogP contribution >= 0.6 is 11.6 Å². The Morgan fingerprint density at radius 3 is 2.75 bits per heavy atom. The molecule has 0 radical (unpaired) electrons. The minimum atomic E-state index is -0.814. The number of benzene rings is 1. The van der Waals surface area contributed by atoms with Crippen molar-refractivity contribution in [1.82, 2.24) is 4.90 Å². The predicted octanol–water partition coefficient (Wildman–Crippen LogP) is 2.81. The molecular formula is C15H18ClNO3. The number of likely N-dealkylation sites (tertiary alicyclic amines) is 1. The number of methoxy groups -OCH3 is 1. The molecule has 1 aliphatic rings. The van der Waals surface area contributed by atoms with Crippen molar-refractivity contribution in [1.29, 1.82) is 0 Å². The number of rotatable bonds is 1. The van der Waals surface area contributed by atoms with E-state index in [1.54, 1.807) is 11.0 Å². The largest absolute Gasteiger partial charge is 0.462 e. The minimum absolute atomic E-state index is 0.114. The van der Waals surface area contributed by atoms with Gasteiger partial charge in [-0.3, -0.25) is 4.79 Å². The fourth-order valence-corrected chi connectivity index (χ4v) is 2.84. The van der Waals surface area contributed by atoms with E-state index in [0.29, 0.717) is 17.5 Å². The molecule has 2 atom stereocenters. The van der Waals surface area contributed by atoms with E-state index in [1.165, 1.54) is 7.11 Å². The molecular weight excluding hydrogens is 278 g/mol. The van der Waals surface area contributed by atoms with E-state index < -0.39 is 11.9 Å². The molecule has 1 amide bonds. The van der Waals surface area contributed by atoms with Gasteiger partial charge in [-0.25, -0.2) is 4.79 Å². The maximum Gasteiger partial charge on any atom is 0.396 e. The van der Waals surface area contributed by atoms with E-state index in [1.807, 2.05) is 18.2 Å². The first kappa shape index (κ1) is 14.9. The third-order valence-corrected chi connectivity index (χ3v) is 3.91. The van der Waals surface area contributed by atoms with Gasteiger partial charge in [0, 0.05) is 11.6 Å². The van der Waals surface area contributed by atoms with Crippen molar-refractivity contribution in [2.75, 3.05) is 13.7 Å². The normalized spacial score (nSPS) is 22.4. The first-order valence-electron chi connectivity index (χ1n) is 6.67. The lowest BCUT2D eigenvalue weighted by Gasteiger charge is -2.38. The number of amides is 1. The molecule has 108 valence electrons. The van der Waals surface area contributed by atoms with Crippen LogP contribution in [-0.2, 0) is 14.3 Å². The molecule has 20 heavy (non-hydrogen) atoms. The van der Waals surface area contributed by atoms with Crippen molar-refractivity contribution in [3.05, 3.63) is 34.9 Å². The van der Waals surface area contributed by atoms with Gasteiger partial charge in [0.2, 0.25) is 0 Å². The molecule has 0 bridgehead atoms. The number of ether oxygens (including phenoxy) is 1. The Morgan fingerprint density at radius 1 is 1.35 bits per heavy atom. The van der Waals surface area contributed by atoms with Gasteiger partial charge < -0.3 is 9.64 Å². The molecule has 1 saturated heterocycles. The Bertz CT molecular complexity index is 518. The Kier molecular flexibility index (Phi) is 4.65. The van der Waals surface area contributed by atoms with Crippen molar-refractivity contribution >= 4 is 23.5 Å². The second-order valence-electron chi connectivity index (χ2n) is 5.20.